The first-order valence-corrected chi connectivity index (χ1v) is 4.49. The van der Waals surface area contributed by atoms with Gasteiger partial charge in [-0.05, 0) is 13.0 Å². The molecule has 1 aliphatic rings. The van der Waals surface area contributed by atoms with Gasteiger partial charge in [-0.25, -0.2) is 4.98 Å². The van der Waals surface area contributed by atoms with Crippen LogP contribution in [0.1, 0.15) is 18.9 Å². The maximum absolute atomic E-state index is 5.95. The molecule has 0 radical (unpaired) electrons. The molecule has 0 spiro atoms. The largest absolute Gasteiger partial charge is 0.260 e. The van der Waals surface area contributed by atoms with Crippen molar-refractivity contribution in [2.45, 2.75) is 13.3 Å². The van der Waals surface area contributed by atoms with Gasteiger partial charge in [0.25, 0.3) is 0 Å². The summed E-state index contributed by atoms with van der Waals surface area (Å²) >= 11 is 5.95. The molecule has 1 aromatic rings. The first-order valence-electron chi connectivity index (χ1n) is 4.11. The quantitative estimate of drug-likeness (QED) is 0.580. The molecule has 2 rings (SSSR count). The van der Waals surface area contributed by atoms with Crippen molar-refractivity contribution < 1.29 is 0 Å². The fourth-order valence-electron chi connectivity index (χ4n) is 1.28. The van der Waals surface area contributed by atoms with Gasteiger partial charge in [0.05, 0.1) is 5.69 Å². The van der Waals surface area contributed by atoms with Gasteiger partial charge in [0.1, 0.15) is 5.15 Å². The van der Waals surface area contributed by atoms with E-state index in [1.807, 2.05) is 18.4 Å². The lowest BCUT2D eigenvalue weighted by atomic mass is 10.1. The van der Waals surface area contributed by atoms with Crippen LogP contribution in [0, 0.1) is 0 Å². The molecule has 13 heavy (non-hydrogen) atoms. The van der Waals surface area contributed by atoms with Gasteiger partial charge in [0.15, 0.2) is 0 Å². The van der Waals surface area contributed by atoms with E-state index in [9.17, 15) is 0 Å². The van der Waals surface area contributed by atoms with Crippen molar-refractivity contribution in [1.29, 1.82) is 0 Å². The minimum absolute atomic E-state index is 0.524. The molecular formula is C10H9ClN2. The molecule has 2 heterocycles. The normalized spacial score (nSPS) is 14.8. The molecule has 0 aromatic carbocycles. The van der Waals surface area contributed by atoms with Gasteiger partial charge >= 0.3 is 0 Å². The lowest BCUT2D eigenvalue weighted by molar-refractivity contribution is 1.30. The van der Waals surface area contributed by atoms with Crippen molar-refractivity contribution in [2.24, 2.45) is 4.99 Å². The predicted molar refractivity (Wildman–Crippen MR) is 55.7 cm³/mol. The third-order valence-electron chi connectivity index (χ3n) is 1.95. The smallest absolute Gasteiger partial charge is 0.138 e. The van der Waals surface area contributed by atoms with Crippen LogP contribution in [0.4, 0.5) is 5.69 Å². The second-order valence-corrected chi connectivity index (χ2v) is 3.40. The SMILES string of the molecule is CC1=Cc2c(ccnc2Cl)N=CC1. The van der Waals surface area contributed by atoms with Crippen molar-refractivity contribution in [2.75, 3.05) is 0 Å². The third kappa shape index (κ3) is 1.63. The predicted octanol–water partition coefficient (Wildman–Crippen LogP) is 3.24. The fourth-order valence-corrected chi connectivity index (χ4v) is 1.49. The van der Waals surface area contributed by atoms with Gasteiger partial charge in [-0.2, -0.15) is 0 Å². The highest BCUT2D eigenvalue weighted by Gasteiger charge is 2.06. The van der Waals surface area contributed by atoms with E-state index in [1.54, 1.807) is 6.20 Å². The van der Waals surface area contributed by atoms with Crippen molar-refractivity contribution in [3.8, 4) is 0 Å². The molecule has 0 fully saturated rings. The van der Waals surface area contributed by atoms with Gasteiger partial charge in [0, 0.05) is 24.4 Å². The van der Waals surface area contributed by atoms with E-state index in [1.165, 1.54) is 5.57 Å². The number of hydrogen-bond donors (Lipinski definition) is 0. The van der Waals surface area contributed by atoms with Crippen LogP contribution in [-0.2, 0) is 0 Å². The molecule has 0 bridgehead atoms. The van der Waals surface area contributed by atoms with Crippen LogP contribution in [0.3, 0.4) is 0 Å². The summed E-state index contributed by atoms with van der Waals surface area (Å²) in [5.74, 6) is 0. The van der Waals surface area contributed by atoms with Crippen molar-refractivity contribution in [1.82, 2.24) is 4.98 Å². The Balaban J connectivity index is 2.65. The molecule has 2 nitrogen and oxygen atoms in total. The summed E-state index contributed by atoms with van der Waals surface area (Å²) in [4.78, 5) is 8.31. The number of hydrogen-bond acceptors (Lipinski definition) is 2. The monoisotopic (exact) mass is 192 g/mol. The Morgan fingerprint density at radius 2 is 2.31 bits per heavy atom. The maximum Gasteiger partial charge on any atom is 0.138 e. The summed E-state index contributed by atoms with van der Waals surface area (Å²) in [7, 11) is 0. The standard InChI is InChI=1S/C10H9ClN2/c1-7-2-4-12-9-3-5-13-10(11)8(9)6-7/h3-6H,2H2,1H3. The zero-order valence-corrected chi connectivity index (χ0v) is 8.04. The van der Waals surface area contributed by atoms with E-state index in [-0.39, 0.29) is 0 Å². The molecule has 0 saturated heterocycles. The summed E-state index contributed by atoms with van der Waals surface area (Å²) in [6, 6.07) is 1.87. The average molecular weight is 193 g/mol. The number of nitrogens with zero attached hydrogens (tertiary/aromatic N) is 2. The molecule has 0 N–H and O–H groups in total. The Kier molecular flexibility index (Phi) is 2.15. The van der Waals surface area contributed by atoms with E-state index in [2.05, 4.69) is 16.9 Å². The zero-order valence-electron chi connectivity index (χ0n) is 7.29. The van der Waals surface area contributed by atoms with Gasteiger partial charge in [-0.3, -0.25) is 4.99 Å². The summed E-state index contributed by atoms with van der Waals surface area (Å²) in [5.41, 5.74) is 3.07. The van der Waals surface area contributed by atoms with E-state index >= 15 is 0 Å². The van der Waals surface area contributed by atoms with Crippen LogP contribution in [0.25, 0.3) is 6.08 Å². The van der Waals surface area contributed by atoms with Crippen molar-refractivity contribution >= 4 is 29.6 Å². The minimum atomic E-state index is 0.524. The number of aromatic nitrogens is 1. The average Bonchev–Trinajstić information content (AvgIpc) is 2.28. The number of aliphatic imine (C=N–C) groups is 1. The fraction of sp³-hybridized carbons (Fsp3) is 0.200. The number of allylic oxidation sites excluding steroid dienone is 1. The van der Waals surface area contributed by atoms with Crippen LogP contribution >= 0.6 is 11.6 Å². The molecule has 0 atom stereocenters. The van der Waals surface area contributed by atoms with Crippen LogP contribution in [0.5, 0.6) is 0 Å². The van der Waals surface area contributed by atoms with Gasteiger partial charge in [0.2, 0.25) is 0 Å². The number of fused-ring (bicyclic) bond motifs is 1. The van der Waals surface area contributed by atoms with Gasteiger partial charge in [-0.1, -0.05) is 23.3 Å². The molecule has 0 amide bonds. The maximum atomic E-state index is 5.95. The van der Waals surface area contributed by atoms with Crippen molar-refractivity contribution in [3.05, 3.63) is 28.6 Å². The van der Waals surface area contributed by atoms with E-state index in [0.29, 0.717) is 5.15 Å². The van der Waals surface area contributed by atoms with Crippen molar-refractivity contribution in [3.63, 3.8) is 0 Å². The summed E-state index contributed by atoms with van der Waals surface area (Å²) in [5, 5.41) is 0.524. The molecule has 3 heteroatoms. The molecule has 1 aromatic heterocycles. The number of rotatable bonds is 0. The molecule has 0 unspecified atom stereocenters. The second-order valence-electron chi connectivity index (χ2n) is 3.04. The van der Waals surface area contributed by atoms with Crippen LogP contribution in [0.2, 0.25) is 5.15 Å². The van der Waals surface area contributed by atoms with E-state index < -0.39 is 0 Å². The topological polar surface area (TPSA) is 25.2 Å². The molecular weight excluding hydrogens is 184 g/mol. The van der Waals surface area contributed by atoms with Gasteiger partial charge < -0.3 is 0 Å². The number of halogens is 1. The van der Waals surface area contributed by atoms with Crippen LogP contribution < -0.4 is 0 Å². The van der Waals surface area contributed by atoms with E-state index in [4.69, 9.17) is 11.6 Å². The molecule has 0 saturated carbocycles. The zero-order chi connectivity index (χ0) is 9.26. The van der Waals surface area contributed by atoms with E-state index in [0.717, 1.165) is 17.7 Å². The Labute approximate surface area is 82.0 Å². The highest BCUT2D eigenvalue weighted by Crippen LogP contribution is 2.29. The number of pyridine rings is 1. The lowest BCUT2D eigenvalue weighted by Gasteiger charge is -2.00. The van der Waals surface area contributed by atoms with Gasteiger partial charge in [-0.15, -0.1) is 0 Å². The first kappa shape index (κ1) is 8.45. The highest BCUT2D eigenvalue weighted by molar-refractivity contribution is 6.31. The van der Waals surface area contributed by atoms with Crippen LogP contribution in [0.15, 0.2) is 22.8 Å². The molecule has 0 aliphatic carbocycles. The Morgan fingerprint density at radius 3 is 3.15 bits per heavy atom. The second kappa shape index (κ2) is 3.30. The summed E-state index contributed by atoms with van der Waals surface area (Å²) < 4.78 is 0. The highest BCUT2D eigenvalue weighted by atomic mass is 35.5. The summed E-state index contributed by atoms with van der Waals surface area (Å²) in [6.07, 6.45) is 6.49. The lowest BCUT2D eigenvalue weighted by Crippen LogP contribution is -1.81. The minimum Gasteiger partial charge on any atom is -0.260 e. The Bertz CT molecular complexity index is 394. The van der Waals surface area contributed by atoms with Crippen LogP contribution in [-0.4, -0.2) is 11.2 Å². The molecule has 66 valence electrons. The first-order chi connectivity index (χ1) is 6.27. The Hall–Kier alpha value is -1.15. The summed E-state index contributed by atoms with van der Waals surface area (Å²) in [6.45, 7) is 2.06. The third-order valence-corrected chi connectivity index (χ3v) is 2.25. The Morgan fingerprint density at radius 1 is 1.46 bits per heavy atom. The molecule has 1 aliphatic heterocycles.